The first-order valence-electron chi connectivity index (χ1n) is 6.75. The van der Waals surface area contributed by atoms with Gasteiger partial charge in [-0.15, -0.1) is 0 Å². The van der Waals surface area contributed by atoms with Crippen LogP contribution in [-0.2, 0) is 11.3 Å². The number of aromatic nitrogens is 3. The Morgan fingerprint density at radius 1 is 1.43 bits per heavy atom. The predicted octanol–water partition coefficient (Wildman–Crippen LogP) is 1.61. The van der Waals surface area contributed by atoms with Crippen LogP contribution < -0.4 is 10.6 Å². The largest absolute Gasteiger partial charge is 0.383 e. The summed E-state index contributed by atoms with van der Waals surface area (Å²) in [7, 11) is 1.64. The van der Waals surface area contributed by atoms with E-state index >= 15 is 0 Å². The lowest BCUT2D eigenvalue weighted by Gasteiger charge is -2.09. The molecule has 0 saturated carbocycles. The van der Waals surface area contributed by atoms with Crippen LogP contribution in [0.25, 0.3) is 0 Å². The molecule has 0 spiro atoms. The zero-order valence-electron chi connectivity index (χ0n) is 12.2. The van der Waals surface area contributed by atoms with E-state index in [2.05, 4.69) is 20.7 Å². The van der Waals surface area contributed by atoms with Gasteiger partial charge in [-0.2, -0.15) is 5.10 Å². The molecule has 0 saturated heterocycles. The second-order valence-electron chi connectivity index (χ2n) is 4.39. The highest BCUT2D eigenvalue weighted by atomic mass is 16.5. The highest BCUT2D eigenvalue weighted by Crippen LogP contribution is 2.15. The molecule has 2 aromatic heterocycles. The second-order valence-corrected chi connectivity index (χ2v) is 4.39. The number of hydrogen-bond donors (Lipinski definition) is 2. The number of nitrogens with zero attached hydrogens (tertiary/aromatic N) is 3. The van der Waals surface area contributed by atoms with Crippen molar-refractivity contribution in [2.24, 2.45) is 0 Å². The number of carbonyl (C=O) groups excluding carboxylic acids is 1. The van der Waals surface area contributed by atoms with Gasteiger partial charge in [0.05, 0.1) is 42.5 Å². The van der Waals surface area contributed by atoms with E-state index in [0.29, 0.717) is 30.1 Å². The minimum absolute atomic E-state index is 0.195. The summed E-state index contributed by atoms with van der Waals surface area (Å²) >= 11 is 0. The van der Waals surface area contributed by atoms with E-state index < -0.39 is 0 Å². The van der Waals surface area contributed by atoms with Gasteiger partial charge in [-0.1, -0.05) is 0 Å². The molecule has 112 valence electrons. The Morgan fingerprint density at radius 2 is 2.29 bits per heavy atom. The molecule has 7 heteroatoms. The van der Waals surface area contributed by atoms with Crippen molar-refractivity contribution in [1.82, 2.24) is 14.8 Å². The molecule has 0 radical (unpaired) electrons. The summed E-state index contributed by atoms with van der Waals surface area (Å²) in [6, 6.07) is 1.68. The molecule has 2 heterocycles. The van der Waals surface area contributed by atoms with Gasteiger partial charge in [0.25, 0.3) is 5.91 Å². The minimum Gasteiger partial charge on any atom is -0.383 e. The number of anilines is 2. The Hall–Kier alpha value is -2.41. The van der Waals surface area contributed by atoms with Crippen LogP contribution >= 0.6 is 0 Å². The molecule has 0 aromatic carbocycles. The number of hydrogen-bond acceptors (Lipinski definition) is 5. The van der Waals surface area contributed by atoms with Crippen molar-refractivity contribution in [3.8, 4) is 0 Å². The zero-order valence-corrected chi connectivity index (χ0v) is 12.2. The topological polar surface area (TPSA) is 81.1 Å². The first-order valence-corrected chi connectivity index (χ1v) is 6.75. The van der Waals surface area contributed by atoms with Gasteiger partial charge in [0.2, 0.25) is 0 Å². The summed E-state index contributed by atoms with van der Waals surface area (Å²) in [5.41, 5.74) is 1.91. The molecule has 2 aromatic rings. The van der Waals surface area contributed by atoms with Gasteiger partial charge in [0, 0.05) is 26.0 Å². The summed E-state index contributed by atoms with van der Waals surface area (Å²) in [6.07, 6.45) is 6.62. The molecular weight excluding hydrogens is 270 g/mol. The van der Waals surface area contributed by atoms with Crippen molar-refractivity contribution in [2.45, 2.75) is 13.5 Å². The van der Waals surface area contributed by atoms with Crippen LogP contribution in [0.5, 0.6) is 0 Å². The summed E-state index contributed by atoms with van der Waals surface area (Å²) < 4.78 is 6.70. The maximum atomic E-state index is 12.3. The molecule has 0 aliphatic heterocycles. The number of amides is 1. The van der Waals surface area contributed by atoms with Crippen LogP contribution in [0.2, 0.25) is 0 Å². The molecule has 0 unspecified atom stereocenters. The van der Waals surface area contributed by atoms with Crippen molar-refractivity contribution in [3.05, 3.63) is 36.4 Å². The maximum Gasteiger partial charge on any atom is 0.257 e. The van der Waals surface area contributed by atoms with E-state index in [-0.39, 0.29) is 5.91 Å². The Balaban J connectivity index is 2.05. The Kier molecular flexibility index (Phi) is 5.28. The van der Waals surface area contributed by atoms with E-state index in [4.69, 9.17) is 4.74 Å². The monoisotopic (exact) mass is 289 g/mol. The Morgan fingerprint density at radius 3 is 3.05 bits per heavy atom. The van der Waals surface area contributed by atoms with Gasteiger partial charge in [-0.25, -0.2) is 0 Å². The van der Waals surface area contributed by atoms with Crippen molar-refractivity contribution < 1.29 is 9.53 Å². The van der Waals surface area contributed by atoms with E-state index in [1.165, 1.54) is 0 Å². The number of pyridine rings is 1. The lowest BCUT2D eigenvalue weighted by molar-refractivity contribution is 0.102. The summed E-state index contributed by atoms with van der Waals surface area (Å²) in [5, 5.41) is 10.1. The molecule has 7 nitrogen and oxygen atoms in total. The predicted molar refractivity (Wildman–Crippen MR) is 80.5 cm³/mol. The number of ether oxygens (including phenoxy) is 1. The zero-order chi connectivity index (χ0) is 15.1. The van der Waals surface area contributed by atoms with E-state index in [0.717, 1.165) is 6.54 Å². The Labute approximate surface area is 123 Å². The second kappa shape index (κ2) is 7.39. The number of methoxy groups -OCH3 is 1. The first kappa shape index (κ1) is 15.0. The van der Waals surface area contributed by atoms with Crippen LogP contribution in [0.4, 0.5) is 11.4 Å². The highest BCUT2D eigenvalue weighted by Gasteiger charge is 2.12. The van der Waals surface area contributed by atoms with Gasteiger partial charge < -0.3 is 15.4 Å². The van der Waals surface area contributed by atoms with Crippen molar-refractivity contribution in [1.29, 1.82) is 0 Å². The third kappa shape index (κ3) is 4.03. The van der Waals surface area contributed by atoms with Gasteiger partial charge in [0.1, 0.15) is 0 Å². The number of rotatable bonds is 7. The summed E-state index contributed by atoms with van der Waals surface area (Å²) in [6.45, 7) is 3.91. The summed E-state index contributed by atoms with van der Waals surface area (Å²) in [5.74, 6) is -0.195. The van der Waals surface area contributed by atoms with Crippen LogP contribution in [0, 0.1) is 0 Å². The van der Waals surface area contributed by atoms with Crippen LogP contribution in [0.15, 0.2) is 30.9 Å². The fourth-order valence-electron chi connectivity index (χ4n) is 1.86. The quantitative estimate of drug-likeness (QED) is 0.809. The van der Waals surface area contributed by atoms with Gasteiger partial charge >= 0.3 is 0 Å². The number of carbonyl (C=O) groups is 1. The van der Waals surface area contributed by atoms with Gasteiger partial charge in [-0.3, -0.25) is 14.5 Å². The van der Waals surface area contributed by atoms with Crippen molar-refractivity contribution >= 4 is 17.3 Å². The standard InChI is InChI=1S/C14H19N5O2/c1-3-16-13-9-15-5-4-12(13)14(20)18-11-8-17-19(10-11)6-7-21-2/h4-5,8-10,16H,3,6-7H2,1-2H3,(H,18,20). The first-order chi connectivity index (χ1) is 10.2. The molecule has 0 aliphatic rings. The fourth-order valence-corrected chi connectivity index (χ4v) is 1.86. The summed E-state index contributed by atoms with van der Waals surface area (Å²) in [4.78, 5) is 16.3. The highest BCUT2D eigenvalue weighted by molar-refractivity contribution is 6.07. The Bertz CT molecular complexity index is 597. The molecule has 0 bridgehead atoms. The third-order valence-corrected chi connectivity index (χ3v) is 2.85. The molecular formula is C14H19N5O2. The lowest BCUT2D eigenvalue weighted by Crippen LogP contribution is -2.14. The molecule has 2 N–H and O–H groups in total. The minimum atomic E-state index is -0.195. The molecule has 1 amide bonds. The van der Waals surface area contributed by atoms with Gasteiger partial charge in [-0.05, 0) is 13.0 Å². The number of nitrogens with one attached hydrogen (secondary N) is 2. The molecule has 0 fully saturated rings. The smallest absolute Gasteiger partial charge is 0.257 e. The van der Waals surface area contributed by atoms with E-state index in [1.54, 1.807) is 42.6 Å². The van der Waals surface area contributed by atoms with E-state index in [9.17, 15) is 4.79 Å². The van der Waals surface area contributed by atoms with E-state index in [1.807, 2.05) is 6.92 Å². The fraction of sp³-hybridized carbons (Fsp3) is 0.357. The SMILES string of the molecule is CCNc1cnccc1C(=O)Nc1cnn(CCOC)c1. The third-order valence-electron chi connectivity index (χ3n) is 2.85. The molecule has 0 atom stereocenters. The maximum absolute atomic E-state index is 12.3. The lowest BCUT2D eigenvalue weighted by atomic mass is 10.2. The average Bonchev–Trinajstić information content (AvgIpc) is 2.93. The average molecular weight is 289 g/mol. The molecule has 0 aliphatic carbocycles. The normalized spacial score (nSPS) is 10.4. The van der Waals surface area contributed by atoms with Crippen LogP contribution in [-0.4, -0.2) is 40.9 Å². The molecule has 2 rings (SSSR count). The van der Waals surface area contributed by atoms with Crippen LogP contribution in [0.1, 0.15) is 17.3 Å². The molecule has 21 heavy (non-hydrogen) atoms. The van der Waals surface area contributed by atoms with Crippen molar-refractivity contribution in [3.63, 3.8) is 0 Å². The van der Waals surface area contributed by atoms with Crippen LogP contribution in [0.3, 0.4) is 0 Å². The van der Waals surface area contributed by atoms with Crippen molar-refractivity contribution in [2.75, 3.05) is 30.9 Å². The van der Waals surface area contributed by atoms with Gasteiger partial charge in [0.15, 0.2) is 0 Å².